The fourth-order valence-corrected chi connectivity index (χ4v) is 5.45. The summed E-state index contributed by atoms with van der Waals surface area (Å²) in [6.07, 6.45) is 1.56. The Morgan fingerprint density at radius 3 is 2.28 bits per heavy atom. The molecule has 1 aliphatic rings. The zero-order valence-electron chi connectivity index (χ0n) is 25.5. The molecule has 1 heterocycles. The average molecular weight is 640 g/mol. The number of rotatable bonds is 11. The molecular formula is C35H33N3O7S. The van der Waals surface area contributed by atoms with Gasteiger partial charge in [-0.05, 0) is 73.2 Å². The number of methoxy groups -OCH3 is 2. The molecule has 3 amide bonds. The number of thioether (sulfide) groups is 1. The Bertz CT molecular complexity index is 1760. The van der Waals surface area contributed by atoms with Gasteiger partial charge in [0.05, 0.1) is 19.5 Å². The number of amides is 3. The number of benzene rings is 4. The third kappa shape index (κ3) is 8.19. The summed E-state index contributed by atoms with van der Waals surface area (Å²) in [5.74, 6) is 1.07. The van der Waals surface area contributed by atoms with Crippen LogP contribution in [0.2, 0.25) is 0 Å². The minimum Gasteiger partial charge on any atom is -0.493 e. The molecule has 0 saturated heterocycles. The van der Waals surface area contributed by atoms with Gasteiger partial charge in [-0.3, -0.25) is 14.4 Å². The van der Waals surface area contributed by atoms with E-state index in [9.17, 15) is 14.4 Å². The van der Waals surface area contributed by atoms with Crippen LogP contribution in [0.3, 0.4) is 0 Å². The molecule has 0 bridgehead atoms. The van der Waals surface area contributed by atoms with Crippen LogP contribution in [0.15, 0.2) is 102 Å². The van der Waals surface area contributed by atoms with Gasteiger partial charge < -0.3 is 34.9 Å². The van der Waals surface area contributed by atoms with Crippen molar-refractivity contribution >= 4 is 46.9 Å². The highest BCUT2D eigenvalue weighted by molar-refractivity contribution is 8.00. The molecule has 1 aliphatic heterocycles. The molecule has 3 N–H and O–H groups in total. The number of ether oxygens (including phenoxy) is 4. The number of anilines is 2. The second-order valence-electron chi connectivity index (χ2n) is 10.1. The molecule has 0 fully saturated rings. The van der Waals surface area contributed by atoms with Crippen molar-refractivity contribution in [2.24, 2.45) is 0 Å². The first-order chi connectivity index (χ1) is 22.3. The van der Waals surface area contributed by atoms with Crippen LogP contribution in [-0.2, 0) is 9.59 Å². The predicted octanol–water partition coefficient (Wildman–Crippen LogP) is 6.00. The van der Waals surface area contributed by atoms with E-state index in [2.05, 4.69) is 16.0 Å². The molecule has 1 atom stereocenters. The second kappa shape index (κ2) is 15.0. The molecule has 10 nitrogen and oxygen atoms in total. The zero-order chi connectivity index (χ0) is 32.5. The molecule has 4 aromatic rings. The van der Waals surface area contributed by atoms with Crippen LogP contribution < -0.4 is 34.9 Å². The summed E-state index contributed by atoms with van der Waals surface area (Å²) < 4.78 is 21.9. The third-order valence-corrected chi connectivity index (χ3v) is 7.92. The van der Waals surface area contributed by atoms with Crippen LogP contribution in [0.1, 0.15) is 22.8 Å². The number of carbonyl (C=O) groups excluding carboxylic acids is 3. The van der Waals surface area contributed by atoms with E-state index in [1.807, 2.05) is 6.07 Å². The minimum absolute atomic E-state index is 0.0197. The van der Waals surface area contributed by atoms with Crippen molar-refractivity contribution < 1.29 is 33.3 Å². The predicted molar refractivity (Wildman–Crippen MR) is 178 cm³/mol. The maximum atomic E-state index is 13.6. The Labute approximate surface area is 271 Å². The molecular weight excluding hydrogens is 606 g/mol. The van der Waals surface area contributed by atoms with Gasteiger partial charge in [0.25, 0.3) is 11.8 Å². The Hall–Kier alpha value is -5.42. The van der Waals surface area contributed by atoms with Gasteiger partial charge in [0.2, 0.25) is 5.91 Å². The largest absolute Gasteiger partial charge is 0.493 e. The van der Waals surface area contributed by atoms with E-state index in [1.54, 1.807) is 97.9 Å². The topological polar surface area (TPSA) is 124 Å². The molecule has 236 valence electrons. The van der Waals surface area contributed by atoms with Crippen molar-refractivity contribution in [2.75, 3.05) is 38.1 Å². The highest BCUT2D eigenvalue weighted by Crippen LogP contribution is 2.33. The summed E-state index contributed by atoms with van der Waals surface area (Å²) in [6, 6.07) is 26.2. The van der Waals surface area contributed by atoms with E-state index >= 15 is 0 Å². The van der Waals surface area contributed by atoms with E-state index < -0.39 is 17.1 Å². The number of hydrogen-bond acceptors (Lipinski definition) is 8. The van der Waals surface area contributed by atoms with Crippen molar-refractivity contribution in [3.05, 3.63) is 108 Å². The van der Waals surface area contributed by atoms with Crippen molar-refractivity contribution in [1.29, 1.82) is 0 Å². The van der Waals surface area contributed by atoms with Crippen LogP contribution in [0.25, 0.3) is 6.08 Å². The van der Waals surface area contributed by atoms with Crippen molar-refractivity contribution in [1.82, 2.24) is 5.32 Å². The highest BCUT2D eigenvalue weighted by Gasteiger charge is 2.19. The summed E-state index contributed by atoms with van der Waals surface area (Å²) in [5, 5.41) is 8.06. The maximum absolute atomic E-state index is 13.6. The first-order valence-electron chi connectivity index (χ1n) is 14.4. The molecule has 5 rings (SSSR count). The Morgan fingerprint density at radius 1 is 0.783 bits per heavy atom. The van der Waals surface area contributed by atoms with Crippen LogP contribution in [-0.4, -0.2) is 50.4 Å². The van der Waals surface area contributed by atoms with E-state index in [-0.39, 0.29) is 11.6 Å². The van der Waals surface area contributed by atoms with E-state index in [1.165, 1.54) is 26.0 Å². The summed E-state index contributed by atoms with van der Waals surface area (Å²) in [7, 11) is 3.05. The lowest BCUT2D eigenvalue weighted by molar-refractivity contribution is -0.115. The minimum atomic E-state index is -0.536. The maximum Gasteiger partial charge on any atom is 0.272 e. The van der Waals surface area contributed by atoms with Gasteiger partial charge in [0.1, 0.15) is 18.9 Å². The standard InChI is InChI=1S/C35H33N3O7S/c1-22(33(39)36-26-13-15-30-32(21-26)45-17-16-44-30)46-27-11-7-10-25(20-27)37-35(41)28(38-34(40)24-8-5-4-6-9-24)18-23-12-14-29(42-2)31(19-23)43-3/h4-15,18-22H,16-17H2,1-3H3,(H,36,39)(H,37,41)(H,38,40)/b28-18+. The first-order valence-corrected chi connectivity index (χ1v) is 15.3. The van der Waals surface area contributed by atoms with E-state index in [4.69, 9.17) is 18.9 Å². The Kier molecular flexibility index (Phi) is 10.5. The third-order valence-electron chi connectivity index (χ3n) is 6.83. The Morgan fingerprint density at radius 2 is 1.52 bits per heavy atom. The van der Waals surface area contributed by atoms with Crippen molar-refractivity contribution in [3.63, 3.8) is 0 Å². The molecule has 0 saturated carbocycles. The first kappa shape index (κ1) is 32.0. The smallest absolute Gasteiger partial charge is 0.272 e. The molecule has 0 spiro atoms. The normalized spacial score (nSPS) is 12.8. The molecule has 46 heavy (non-hydrogen) atoms. The molecule has 11 heteroatoms. The average Bonchev–Trinajstić information content (AvgIpc) is 3.08. The van der Waals surface area contributed by atoms with Crippen molar-refractivity contribution in [2.45, 2.75) is 17.1 Å². The second-order valence-corrected chi connectivity index (χ2v) is 11.5. The van der Waals surface area contributed by atoms with Gasteiger partial charge in [-0.1, -0.05) is 30.3 Å². The summed E-state index contributed by atoms with van der Waals surface area (Å²) in [6.45, 7) is 2.74. The molecule has 0 aromatic heterocycles. The van der Waals surface area contributed by atoms with Gasteiger partial charge in [-0.2, -0.15) is 0 Å². The molecule has 1 unspecified atom stereocenters. The van der Waals surface area contributed by atoms with E-state index in [0.717, 1.165) is 4.90 Å². The monoisotopic (exact) mass is 639 g/mol. The quantitative estimate of drug-likeness (QED) is 0.135. The van der Waals surface area contributed by atoms with Crippen molar-refractivity contribution in [3.8, 4) is 23.0 Å². The van der Waals surface area contributed by atoms with Crippen LogP contribution in [0.4, 0.5) is 11.4 Å². The fraction of sp³-hybridized carbons (Fsp3) is 0.171. The lowest BCUT2D eigenvalue weighted by Crippen LogP contribution is -2.30. The number of hydrogen-bond donors (Lipinski definition) is 3. The van der Waals surface area contributed by atoms with E-state index in [0.29, 0.717) is 58.7 Å². The molecule has 0 aliphatic carbocycles. The number of carbonyl (C=O) groups is 3. The van der Waals surface area contributed by atoms with Gasteiger partial charge in [-0.15, -0.1) is 11.8 Å². The summed E-state index contributed by atoms with van der Waals surface area (Å²) >= 11 is 1.34. The summed E-state index contributed by atoms with van der Waals surface area (Å²) in [4.78, 5) is 40.3. The van der Waals surface area contributed by atoms with Crippen LogP contribution >= 0.6 is 11.8 Å². The number of nitrogens with one attached hydrogen (secondary N) is 3. The van der Waals surface area contributed by atoms with Gasteiger partial charge >= 0.3 is 0 Å². The van der Waals surface area contributed by atoms with Gasteiger partial charge in [-0.25, -0.2) is 0 Å². The summed E-state index contributed by atoms with van der Waals surface area (Å²) in [5.41, 5.74) is 2.12. The SMILES string of the molecule is COc1ccc(/C=C(/NC(=O)c2ccccc2)C(=O)Nc2cccc(SC(C)C(=O)Nc3ccc4c(c3)OCCO4)c2)cc1OC. The van der Waals surface area contributed by atoms with Crippen LogP contribution in [0, 0.1) is 0 Å². The van der Waals surface area contributed by atoms with Gasteiger partial charge in [0, 0.05) is 27.9 Å². The zero-order valence-corrected chi connectivity index (χ0v) is 26.3. The highest BCUT2D eigenvalue weighted by atomic mass is 32.2. The van der Waals surface area contributed by atoms with Gasteiger partial charge in [0.15, 0.2) is 23.0 Å². The molecule has 0 radical (unpaired) electrons. The molecule has 4 aromatic carbocycles. The Balaban J connectivity index is 1.30. The lowest BCUT2D eigenvalue weighted by Gasteiger charge is -2.19. The number of fused-ring (bicyclic) bond motifs is 1. The van der Waals surface area contributed by atoms with Crippen LogP contribution in [0.5, 0.6) is 23.0 Å². The lowest BCUT2D eigenvalue weighted by atomic mass is 10.1. The fourth-order valence-electron chi connectivity index (χ4n) is 4.52.